The van der Waals surface area contributed by atoms with Crippen LogP contribution in [0, 0.1) is 0 Å². The first-order valence-electron chi connectivity index (χ1n) is 7.24. The fourth-order valence-electron chi connectivity index (χ4n) is 2.47. The van der Waals surface area contributed by atoms with Gasteiger partial charge in [-0.1, -0.05) is 25.7 Å². The highest BCUT2D eigenvalue weighted by Gasteiger charge is 2.18. The smallest absolute Gasteiger partial charge is 0.0959 e. The molecule has 0 spiro atoms. The van der Waals surface area contributed by atoms with Crippen molar-refractivity contribution in [2.75, 3.05) is 0 Å². The van der Waals surface area contributed by atoms with Gasteiger partial charge in [-0.05, 0) is 33.6 Å². The highest BCUT2D eigenvalue weighted by atomic mass is 32.1. The van der Waals surface area contributed by atoms with E-state index in [1.54, 1.807) is 0 Å². The molecule has 0 amide bonds. The SMILES string of the molecule is CC(C)(C)NCc1cnc(C2CCCCCC2)s1. The topological polar surface area (TPSA) is 24.9 Å². The number of hydrogen-bond donors (Lipinski definition) is 1. The summed E-state index contributed by atoms with van der Waals surface area (Å²) in [5.74, 6) is 0.737. The summed E-state index contributed by atoms with van der Waals surface area (Å²) in [6.07, 6.45) is 10.4. The highest BCUT2D eigenvalue weighted by molar-refractivity contribution is 7.11. The number of nitrogens with zero attached hydrogens (tertiary/aromatic N) is 1. The van der Waals surface area contributed by atoms with Gasteiger partial charge in [0.05, 0.1) is 5.01 Å². The molecule has 18 heavy (non-hydrogen) atoms. The molecule has 1 N–H and O–H groups in total. The third-order valence-electron chi connectivity index (χ3n) is 3.57. The van der Waals surface area contributed by atoms with Crippen LogP contribution < -0.4 is 5.32 Å². The maximum absolute atomic E-state index is 4.66. The van der Waals surface area contributed by atoms with E-state index in [0.29, 0.717) is 0 Å². The molecule has 0 atom stereocenters. The van der Waals surface area contributed by atoms with Gasteiger partial charge in [-0.15, -0.1) is 11.3 Å². The molecule has 1 saturated carbocycles. The van der Waals surface area contributed by atoms with Crippen LogP contribution in [0.4, 0.5) is 0 Å². The van der Waals surface area contributed by atoms with Crippen molar-refractivity contribution in [2.24, 2.45) is 0 Å². The Bertz CT molecular complexity index is 357. The number of rotatable bonds is 3. The Labute approximate surface area is 115 Å². The first-order valence-corrected chi connectivity index (χ1v) is 8.06. The van der Waals surface area contributed by atoms with Gasteiger partial charge in [0, 0.05) is 29.1 Å². The number of hydrogen-bond acceptors (Lipinski definition) is 3. The Kier molecular flexibility index (Phi) is 4.79. The molecule has 1 fully saturated rings. The first-order chi connectivity index (χ1) is 8.54. The summed E-state index contributed by atoms with van der Waals surface area (Å²) in [5, 5.41) is 4.91. The summed E-state index contributed by atoms with van der Waals surface area (Å²) in [6, 6.07) is 0. The molecule has 0 aromatic carbocycles. The normalized spacial score (nSPS) is 18.8. The lowest BCUT2D eigenvalue weighted by Gasteiger charge is -2.19. The maximum Gasteiger partial charge on any atom is 0.0959 e. The summed E-state index contributed by atoms with van der Waals surface area (Å²) in [7, 11) is 0. The van der Waals surface area contributed by atoms with Gasteiger partial charge in [-0.25, -0.2) is 4.98 Å². The van der Waals surface area contributed by atoms with E-state index in [-0.39, 0.29) is 5.54 Å². The molecule has 102 valence electrons. The van der Waals surface area contributed by atoms with Crippen LogP contribution in [-0.2, 0) is 6.54 Å². The number of nitrogens with one attached hydrogen (secondary N) is 1. The van der Waals surface area contributed by atoms with E-state index >= 15 is 0 Å². The summed E-state index contributed by atoms with van der Waals surface area (Å²) in [6.45, 7) is 7.58. The summed E-state index contributed by atoms with van der Waals surface area (Å²) in [4.78, 5) is 6.04. The van der Waals surface area contributed by atoms with Gasteiger partial charge in [0.25, 0.3) is 0 Å². The van der Waals surface area contributed by atoms with Crippen molar-refractivity contribution in [3.8, 4) is 0 Å². The highest BCUT2D eigenvalue weighted by Crippen LogP contribution is 2.33. The minimum Gasteiger partial charge on any atom is -0.307 e. The van der Waals surface area contributed by atoms with Crippen LogP contribution in [0.2, 0.25) is 0 Å². The van der Waals surface area contributed by atoms with E-state index in [1.807, 2.05) is 11.3 Å². The largest absolute Gasteiger partial charge is 0.307 e. The molecule has 3 heteroatoms. The summed E-state index contributed by atoms with van der Waals surface area (Å²) in [5.41, 5.74) is 0.187. The van der Waals surface area contributed by atoms with Gasteiger partial charge in [0.15, 0.2) is 0 Å². The molecule has 1 aliphatic rings. The quantitative estimate of drug-likeness (QED) is 0.817. The zero-order valence-electron chi connectivity index (χ0n) is 12.0. The van der Waals surface area contributed by atoms with Gasteiger partial charge in [-0.2, -0.15) is 0 Å². The number of aromatic nitrogens is 1. The van der Waals surface area contributed by atoms with E-state index < -0.39 is 0 Å². The predicted octanol–water partition coefficient (Wildman–Crippen LogP) is 4.47. The van der Waals surface area contributed by atoms with Crippen LogP contribution in [-0.4, -0.2) is 10.5 Å². The third kappa shape index (κ3) is 4.36. The van der Waals surface area contributed by atoms with Gasteiger partial charge in [0.1, 0.15) is 0 Å². The average Bonchev–Trinajstić information content (AvgIpc) is 2.60. The van der Waals surface area contributed by atoms with Crippen molar-refractivity contribution < 1.29 is 0 Å². The van der Waals surface area contributed by atoms with Gasteiger partial charge >= 0.3 is 0 Å². The van der Waals surface area contributed by atoms with Crippen LogP contribution in [0.25, 0.3) is 0 Å². The Hall–Kier alpha value is -0.410. The van der Waals surface area contributed by atoms with Crippen molar-refractivity contribution >= 4 is 11.3 Å². The van der Waals surface area contributed by atoms with Crippen LogP contribution in [0.3, 0.4) is 0 Å². The fourth-order valence-corrected chi connectivity index (χ4v) is 3.50. The minimum absolute atomic E-state index is 0.187. The Balaban J connectivity index is 1.92. The van der Waals surface area contributed by atoms with E-state index in [2.05, 4.69) is 37.3 Å². The van der Waals surface area contributed by atoms with E-state index in [0.717, 1.165) is 12.5 Å². The van der Waals surface area contributed by atoms with Crippen molar-refractivity contribution in [3.63, 3.8) is 0 Å². The van der Waals surface area contributed by atoms with Crippen molar-refractivity contribution in [2.45, 2.75) is 77.3 Å². The molecule has 0 unspecified atom stereocenters. The van der Waals surface area contributed by atoms with Crippen LogP contribution in [0.15, 0.2) is 6.20 Å². The zero-order chi connectivity index (χ0) is 13.0. The lowest BCUT2D eigenvalue weighted by molar-refractivity contribution is 0.426. The average molecular weight is 266 g/mol. The molecule has 1 aromatic heterocycles. The second-order valence-corrected chi connectivity index (χ2v) is 7.60. The van der Waals surface area contributed by atoms with Crippen molar-refractivity contribution in [1.82, 2.24) is 10.3 Å². The number of thiazole rings is 1. The lowest BCUT2D eigenvalue weighted by Crippen LogP contribution is -2.34. The molecular weight excluding hydrogens is 240 g/mol. The first kappa shape index (κ1) is 14.0. The molecule has 0 saturated heterocycles. The molecule has 1 heterocycles. The van der Waals surface area contributed by atoms with Crippen LogP contribution in [0.1, 0.15) is 75.1 Å². The molecule has 1 aromatic rings. The molecule has 0 bridgehead atoms. The van der Waals surface area contributed by atoms with Gasteiger partial charge in [0.2, 0.25) is 0 Å². The predicted molar refractivity (Wildman–Crippen MR) is 79.1 cm³/mol. The third-order valence-corrected chi connectivity index (χ3v) is 4.73. The molecule has 1 aliphatic carbocycles. The molecular formula is C15H26N2S. The lowest BCUT2D eigenvalue weighted by atomic mass is 10.0. The standard InChI is InChI=1S/C15H26N2S/c1-15(2,3)17-11-13-10-16-14(18-13)12-8-6-4-5-7-9-12/h10,12,17H,4-9,11H2,1-3H3. The van der Waals surface area contributed by atoms with Crippen molar-refractivity contribution in [1.29, 1.82) is 0 Å². The van der Waals surface area contributed by atoms with Crippen LogP contribution in [0.5, 0.6) is 0 Å². The Morgan fingerprint density at radius 3 is 2.50 bits per heavy atom. The zero-order valence-corrected chi connectivity index (χ0v) is 12.8. The van der Waals surface area contributed by atoms with E-state index in [9.17, 15) is 0 Å². The Morgan fingerprint density at radius 2 is 1.89 bits per heavy atom. The Morgan fingerprint density at radius 1 is 1.22 bits per heavy atom. The minimum atomic E-state index is 0.187. The summed E-state index contributed by atoms with van der Waals surface area (Å²) < 4.78 is 0. The molecule has 0 aliphatic heterocycles. The van der Waals surface area contributed by atoms with Gasteiger partial charge < -0.3 is 5.32 Å². The maximum atomic E-state index is 4.66. The van der Waals surface area contributed by atoms with Crippen molar-refractivity contribution in [3.05, 3.63) is 16.1 Å². The van der Waals surface area contributed by atoms with Crippen LogP contribution >= 0.6 is 11.3 Å². The fraction of sp³-hybridized carbons (Fsp3) is 0.800. The van der Waals surface area contributed by atoms with Gasteiger partial charge in [-0.3, -0.25) is 0 Å². The second-order valence-electron chi connectivity index (χ2n) is 6.46. The van der Waals surface area contributed by atoms with E-state index in [4.69, 9.17) is 0 Å². The molecule has 2 nitrogen and oxygen atoms in total. The summed E-state index contributed by atoms with van der Waals surface area (Å²) >= 11 is 1.92. The second kappa shape index (κ2) is 6.16. The molecule has 2 rings (SSSR count). The van der Waals surface area contributed by atoms with E-state index in [1.165, 1.54) is 48.4 Å². The molecule has 0 radical (unpaired) electrons. The monoisotopic (exact) mass is 266 g/mol.